The highest BCUT2D eigenvalue weighted by Gasteiger charge is 2.38. The summed E-state index contributed by atoms with van der Waals surface area (Å²) >= 11 is 0. The molecule has 0 aliphatic carbocycles. The van der Waals surface area contributed by atoms with Crippen LogP contribution in [0.25, 0.3) is 0 Å². The molecular weight excluding hydrogens is 196 g/mol. The summed E-state index contributed by atoms with van der Waals surface area (Å²) in [5, 5.41) is 9.16. The van der Waals surface area contributed by atoms with E-state index in [9.17, 15) is 0 Å². The van der Waals surface area contributed by atoms with Crippen molar-refractivity contribution in [3.63, 3.8) is 0 Å². The standard InChI is InChI=1S/C11H22O4/c1-5-13-10-14-8(6-11(2,3)4)9(7-12)15-10/h8-10,12H,5-7H2,1-4H3/t8-,9-,10?/m1/s1. The maximum atomic E-state index is 9.16. The van der Waals surface area contributed by atoms with Gasteiger partial charge >= 0.3 is 0 Å². The van der Waals surface area contributed by atoms with Gasteiger partial charge in [-0.05, 0) is 18.8 Å². The molecule has 15 heavy (non-hydrogen) atoms. The van der Waals surface area contributed by atoms with Crippen LogP contribution in [0, 0.1) is 5.41 Å². The number of ether oxygens (including phenoxy) is 3. The fraction of sp³-hybridized carbons (Fsp3) is 1.00. The van der Waals surface area contributed by atoms with Crippen molar-refractivity contribution in [1.82, 2.24) is 0 Å². The first-order valence-electron chi connectivity index (χ1n) is 5.49. The van der Waals surface area contributed by atoms with E-state index >= 15 is 0 Å². The summed E-state index contributed by atoms with van der Waals surface area (Å²) < 4.78 is 16.2. The molecule has 0 radical (unpaired) electrons. The maximum Gasteiger partial charge on any atom is 0.272 e. The number of hydrogen-bond donors (Lipinski definition) is 1. The largest absolute Gasteiger partial charge is 0.394 e. The van der Waals surface area contributed by atoms with Crippen molar-refractivity contribution >= 4 is 0 Å². The van der Waals surface area contributed by atoms with Crippen molar-refractivity contribution in [2.75, 3.05) is 13.2 Å². The number of rotatable bonds is 4. The molecule has 1 N–H and O–H groups in total. The van der Waals surface area contributed by atoms with Gasteiger partial charge in [0.05, 0.1) is 12.7 Å². The molecule has 1 aliphatic rings. The summed E-state index contributed by atoms with van der Waals surface area (Å²) in [6, 6.07) is 0. The summed E-state index contributed by atoms with van der Waals surface area (Å²) in [5.41, 5.74) is 0.155. The lowest BCUT2D eigenvalue weighted by Gasteiger charge is -2.24. The highest BCUT2D eigenvalue weighted by Crippen LogP contribution is 2.30. The quantitative estimate of drug-likeness (QED) is 0.777. The summed E-state index contributed by atoms with van der Waals surface area (Å²) in [6.45, 7) is 8.21. The van der Waals surface area contributed by atoms with E-state index in [1.54, 1.807) is 0 Å². The second kappa shape index (κ2) is 5.25. The second-order valence-corrected chi connectivity index (χ2v) is 5.04. The van der Waals surface area contributed by atoms with Crippen molar-refractivity contribution in [3.8, 4) is 0 Å². The van der Waals surface area contributed by atoms with Gasteiger partial charge in [0.1, 0.15) is 6.10 Å². The Balaban J connectivity index is 2.48. The van der Waals surface area contributed by atoms with Crippen LogP contribution in [0.15, 0.2) is 0 Å². The molecule has 1 heterocycles. The van der Waals surface area contributed by atoms with Crippen LogP contribution in [0.4, 0.5) is 0 Å². The van der Waals surface area contributed by atoms with Crippen LogP contribution in [0.5, 0.6) is 0 Å². The van der Waals surface area contributed by atoms with Gasteiger partial charge < -0.3 is 19.3 Å². The molecule has 4 nitrogen and oxygen atoms in total. The SMILES string of the molecule is CCOC1O[C@H](CO)[C@@H](CC(C)(C)C)O1. The lowest BCUT2D eigenvalue weighted by Crippen LogP contribution is -2.30. The third kappa shape index (κ3) is 4.07. The van der Waals surface area contributed by atoms with Crippen LogP contribution in [0.1, 0.15) is 34.1 Å². The van der Waals surface area contributed by atoms with Crippen LogP contribution in [-0.2, 0) is 14.2 Å². The zero-order chi connectivity index (χ0) is 11.5. The third-order valence-electron chi connectivity index (χ3n) is 2.28. The van der Waals surface area contributed by atoms with Gasteiger partial charge in [0, 0.05) is 6.61 Å². The third-order valence-corrected chi connectivity index (χ3v) is 2.28. The minimum Gasteiger partial charge on any atom is -0.394 e. The predicted molar refractivity (Wildman–Crippen MR) is 56.3 cm³/mol. The first kappa shape index (κ1) is 12.9. The highest BCUT2D eigenvalue weighted by molar-refractivity contribution is 4.79. The zero-order valence-electron chi connectivity index (χ0n) is 10.0. The summed E-state index contributed by atoms with van der Waals surface area (Å²) in [5.74, 6) is 0. The molecule has 1 unspecified atom stereocenters. The Kier molecular flexibility index (Phi) is 4.52. The van der Waals surface area contributed by atoms with Gasteiger partial charge in [0.15, 0.2) is 0 Å². The van der Waals surface area contributed by atoms with Gasteiger partial charge in [-0.2, -0.15) is 0 Å². The van der Waals surface area contributed by atoms with Gasteiger partial charge in [-0.15, -0.1) is 0 Å². The van der Waals surface area contributed by atoms with E-state index < -0.39 is 6.48 Å². The van der Waals surface area contributed by atoms with E-state index in [0.717, 1.165) is 6.42 Å². The van der Waals surface area contributed by atoms with Gasteiger partial charge in [-0.3, -0.25) is 0 Å². The molecule has 0 aromatic rings. The molecule has 0 spiro atoms. The lowest BCUT2D eigenvalue weighted by atomic mass is 9.88. The minimum absolute atomic E-state index is 0.0235. The molecule has 1 saturated heterocycles. The molecule has 4 heteroatoms. The van der Waals surface area contributed by atoms with Crippen LogP contribution in [0.2, 0.25) is 0 Å². The molecule has 0 saturated carbocycles. The van der Waals surface area contributed by atoms with Gasteiger partial charge in [0.2, 0.25) is 0 Å². The molecule has 1 rings (SSSR count). The van der Waals surface area contributed by atoms with Crippen LogP contribution >= 0.6 is 0 Å². The maximum absolute atomic E-state index is 9.16. The highest BCUT2D eigenvalue weighted by atomic mass is 16.9. The smallest absolute Gasteiger partial charge is 0.272 e. The Morgan fingerprint density at radius 2 is 1.80 bits per heavy atom. The number of aliphatic hydroxyl groups is 1. The average Bonchev–Trinajstić information content (AvgIpc) is 2.45. The Morgan fingerprint density at radius 1 is 1.20 bits per heavy atom. The summed E-state index contributed by atoms with van der Waals surface area (Å²) in [6.07, 6.45) is 0.509. The zero-order valence-corrected chi connectivity index (χ0v) is 10.0. The monoisotopic (exact) mass is 218 g/mol. The molecule has 3 atom stereocenters. The van der Waals surface area contributed by atoms with Crippen LogP contribution in [-0.4, -0.2) is 37.0 Å². The second-order valence-electron chi connectivity index (χ2n) is 5.04. The van der Waals surface area contributed by atoms with E-state index in [2.05, 4.69) is 20.8 Å². The van der Waals surface area contributed by atoms with Crippen molar-refractivity contribution in [2.45, 2.75) is 52.8 Å². The summed E-state index contributed by atoms with van der Waals surface area (Å²) in [7, 11) is 0. The molecule has 1 fully saturated rings. The predicted octanol–water partition coefficient (Wildman–Crippen LogP) is 1.52. The van der Waals surface area contributed by atoms with Gasteiger partial charge in [0.25, 0.3) is 6.48 Å². The van der Waals surface area contributed by atoms with E-state index in [4.69, 9.17) is 19.3 Å². The van der Waals surface area contributed by atoms with Crippen molar-refractivity contribution in [1.29, 1.82) is 0 Å². The minimum atomic E-state index is -0.612. The first-order valence-corrected chi connectivity index (χ1v) is 5.49. The number of aliphatic hydroxyl groups excluding tert-OH is 1. The van der Waals surface area contributed by atoms with Crippen LogP contribution < -0.4 is 0 Å². The first-order chi connectivity index (χ1) is 6.96. The van der Waals surface area contributed by atoms with Crippen LogP contribution in [0.3, 0.4) is 0 Å². The lowest BCUT2D eigenvalue weighted by molar-refractivity contribution is -0.242. The molecule has 1 aliphatic heterocycles. The van der Waals surface area contributed by atoms with E-state index in [-0.39, 0.29) is 24.2 Å². The van der Waals surface area contributed by atoms with Gasteiger partial charge in [-0.1, -0.05) is 20.8 Å². The van der Waals surface area contributed by atoms with Crippen molar-refractivity contribution in [3.05, 3.63) is 0 Å². The molecule has 90 valence electrons. The molecule has 0 aromatic heterocycles. The molecule has 0 aromatic carbocycles. The summed E-state index contributed by atoms with van der Waals surface area (Å²) in [4.78, 5) is 0. The fourth-order valence-corrected chi connectivity index (χ4v) is 1.65. The normalized spacial score (nSPS) is 32.2. The Hall–Kier alpha value is -0.160. The fourth-order valence-electron chi connectivity index (χ4n) is 1.65. The molecule has 0 bridgehead atoms. The molecule has 0 amide bonds. The van der Waals surface area contributed by atoms with E-state index in [1.165, 1.54) is 0 Å². The molecular formula is C11H22O4. The van der Waals surface area contributed by atoms with Crippen molar-refractivity contribution < 1.29 is 19.3 Å². The Morgan fingerprint density at radius 3 is 2.27 bits per heavy atom. The Bertz CT molecular complexity index is 188. The van der Waals surface area contributed by atoms with Crippen molar-refractivity contribution in [2.24, 2.45) is 5.41 Å². The topological polar surface area (TPSA) is 47.9 Å². The number of hydrogen-bond acceptors (Lipinski definition) is 4. The average molecular weight is 218 g/mol. The van der Waals surface area contributed by atoms with E-state index in [0.29, 0.717) is 6.61 Å². The van der Waals surface area contributed by atoms with Gasteiger partial charge in [-0.25, -0.2) is 0 Å². The van der Waals surface area contributed by atoms with E-state index in [1.807, 2.05) is 6.92 Å². The Labute approximate surface area is 91.5 Å².